The lowest BCUT2D eigenvalue weighted by atomic mass is 9.99. The molecule has 0 saturated carbocycles. The van der Waals surface area contributed by atoms with Crippen molar-refractivity contribution < 1.29 is 9.53 Å². The topological polar surface area (TPSA) is 64.4 Å². The molecule has 2 unspecified atom stereocenters. The third-order valence-electron chi connectivity index (χ3n) is 2.91. The zero-order valence-electron chi connectivity index (χ0n) is 9.76. The molecule has 1 heterocycles. The second kappa shape index (κ2) is 5.91. The van der Waals surface area contributed by atoms with Crippen LogP contribution in [0.2, 0.25) is 0 Å². The Morgan fingerprint density at radius 2 is 2.24 bits per heavy atom. The van der Waals surface area contributed by atoms with Gasteiger partial charge in [-0.25, -0.2) is 0 Å². The van der Waals surface area contributed by atoms with Gasteiger partial charge in [-0.2, -0.15) is 0 Å². The maximum Gasteiger partial charge on any atom is 0.179 e. The van der Waals surface area contributed by atoms with Crippen LogP contribution in [0.1, 0.15) is 5.56 Å². The maximum atomic E-state index is 12.0. The molecule has 17 heavy (non-hydrogen) atoms. The van der Waals surface area contributed by atoms with Crippen molar-refractivity contribution in [1.29, 1.82) is 0 Å². The minimum absolute atomic E-state index is 0.0129. The quantitative estimate of drug-likeness (QED) is 0.776. The smallest absolute Gasteiger partial charge is 0.179 e. The molecule has 0 aromatic heterocycles. The van der Waals surface area contributed by atoms with E-state index in [1.54, 1.807) is 0 Å². The van der Waals surface area contributed by atoms with Crippen molar-refractivity contribution in [3.63, 3.8) is 0 Å². The molecule has 92 valence electrons. The Kier molecular flexibility index (Phi) is 4.25. The number of nitrogens with one attached hydrogen (secondary N) is 1. The number of nitrogens with two attached hydrogens (primary N) is 1. The first-order valence-electron chi connectivity index (χ1n) is 5.93. The van der Waals surface area contributed by atoms with Crippen LogP contribution in [0.4, 0.5) is 0 Å². The number of benzene rings is 1. The van der Waals surface area contributed by atoms with E-state index >= 15 is 0 Å². The van der Waals surface area contributed by atoms with Crippen molar-refractivity contribution in [2.75, 3.05) is 19.7 Å². The van der Waals surface area contributed by atoms with Gasteiger partial charge in [-0.1, -0.05) is 30.3 Å². The summed E-state index contributed by atoms with van der Waals surface area (Å²) in [6.45, 7) is 1.95. The molecule has 1 aromatic carbocycles. The van der Waals surface area contributed by atoms with Crippen LogP contribution in [0.3, 0.4) is 0 Å². The minimum Gasteiger partial charge on any atom is -0.368 e. The lowest BCUT2D eigenvalue weighted by Gasteiger charge is -2.24. The molecule has 0 amide bonds. The predicted octanol–water partition coefficient (Wildman–Crippen LogP) is 0.114. The van der Waals surface area contributed by atoms with Crippen LogP contribution >= 0.6 is 0 Å². The summed E-state index contributed by atoms with van der Waals surface area (Å²) < 4.78 is 5.41. The summed E-state index contributed by atoms with van der Waals surface area (Å²) in [6.07, 6.45) is 0.182. The molecule has 0 spiro atoms. The predicted molar refractivity (Wildman–Crippen MR) is 65.7 cm³/mol. The van der Waals surface area contributed by atoms with E-state index in [-0.39, 0.29) is 11.9 Å². The molecule has 0 radical (unpaired) electrons. The Hall–Kier alpha value is -1.23. The van der Waals surface area contributed by atoms with Crippen LogP contribution < -0.4 is 11.1 Å². The summed E-state index contributed by atoms with van der Waals surface area (Å²) in [7, 11) is 0. The summed E-state index contributed by atoms with van der Waals surface area (Å²) in [5.74, 6) is -0.0129. The van der Waals surface area contributed by atoms with Crippen molar-refractivity contribution in [3.05, 3.63) is 35.9 Å². The summed E-state index contributed by atoms with van der Waals surface area (Å²) >= 11 is 0. The molecule has 1 aliphatic heterocycles. The minimum atomic E-state index is -0.484. The number of carbonyl (C=O) groups excluding carboxylic acids is 1. The van der Waals surface area contributed by atoms with Crippen molar-refractivity contribution in [2.24, 2.45) is 5.73 Å². The fourth-order valence-corrected chi connectivity index (χ4v) is 1.96. The standard InChI is InChI=1S/C13H18N2O2/c14-11(8-10-4-2-1-3-5-10)13(16)12-9-15-6-7-17-12/h1-5,11-12,15H,6-9,14H2. The molecule has 1 saturated heterocycles. The van der Waals surface area contributed by atoms with Crippen LogP contribution in [0.25, 0.3) is 0 Å². The average Bonchev–Trinajstić information content (AvgIpc) is 2.40. The molecule has 2 atom stereocenters. The number of Topliss-reactive ketones (excluding diaryl/α,β-unsaturated/α-hetero) is 1. The Morgan fingerprint density at radius 3 is 2.88 bits per heavy atom. The molecule has 4 nitrogen and oxygen atoms in total. The molecular weight excluding hydrogens is 216 g/mol. The van der Waals surface area contributed by atoms with Crippen LogP contribution in [0.15, 0.2) is 30.3 Å². The van der Waals surface area contributed by atoms with Gasteiger partial charge < -0.3 is 15.8 Å². The summed E-state index contributed by atoms with van der Waals surface area (Å²) in [6, 6.07) is 9.32. The Bertz CT molecular complexity index is 361. The molecule has 0 aliphatic carbocycles. The molecule has 1 aliphatic rings. The maximum absolute atomic E-state index is 12.0. The SMILES string of the molecule is NC(Cc1ccccc1)C(=O)C1CNCCO1. The van der Waals surface area contributed by atoms with Gasteiger partial charge in [0.25, 0.3) is 0 Å². The fraction of sp³-hybridized carbons (Fsp3) is 0.462. The third kappa shape index (κ3) is 3.36. The van der Waals surface area contributed by atoms with E-state index in [0.717, 1.165) is 12.1 Å². The molecule has 0 bridgehead atoms. The van der Waals surface area contributed by atoms with E-state index in [0.29, 0.717) is 19.6 Å². The average molecular weight is 234 g/mol. The first kappa shape index (κ1) is 12.2. The van der Waals surface area contributed by atoms with Gasteiger partial charge in [-0.05, 0) is 12.0 Å². The highest BCUT2D eigenvalue weighted by Gasteiger charge is 2.26. The van der Waals surface area contributed by atoms with Gasteiger partial charge in [0.1, 0.15) is 6.10 Å². The van der Waals surface area contributed by atoms with Crippen LogP contribution in [-0.2, 0) is 16.0 Å². The van der Waals surface area contributed by atoms with Crippen LogP contribution in [-0.4, -0.2) is 37.6 Å². The fourth-order valence-electron chi connectivity index (χ4n) is 1.96. The van der Waals surface area contributed by atoms with Crippen LogP contribution in [0.5, 0.6) is 0 Å². The van der Waals surface area contributed by atoms with Gasteiger partial charge in [0.15, 0.2) is 5.78 Å². The van der Waals surface area contributed by atoms with Gasteiger partial charge in [-0.15, -0.1) is 0 Å². The number of rotatable bonds is 4. The zero-order chi connectivity index (χ0) is 12.1. The lowest BCUT2D eigenvalue weighted by Crippen LogP contribution is -2.49. The molecular formula is C13H18N2O2. The van der Waals surface area contributed by atoms with Gasteiger partial charge in [0.2, 0.25) is 0 Å². The summed E-state index contributed by atoms with van der Waals surface area (Å²) in [5.41, 5.74) is 7.00. The first-order valence-corrected chi connectivity index (χ1v) is 5.93. The Labute approximate surface area is 101 Å². The Balaban J connectivity index is 1.90. The zero-order valence-corrected chi connectivity index (χ0v) is 9.76. The monoisotopic (exact) mass is 234 g/mol. The third-order valence-corrected chi connectivity index (χ3v) is 2.91. The molecule has 1 aromatic rings. The van der Waals surface area contributed by atoms with E-state index in [1.807, 2.05) is 30.3 Å². The normalized spacial score (nSPS) is 22.1. The molecule has 1 fully saturated rings. The first-order chi connectivity index (χ1) is 8.27. The van der Waals surface area contributed by atoms with E-state index in [9.17, 15) is 4.79 Å². The van der Waals surface area contributed by atoms with E-state index in [4.69, 9.17) is 10.5 Å². The van der Waals surface area contributed by atoms with Gasteiger partial charge in [0, 0.05) is 13.1 Å². The highest BCUT2D eigenvalue weighted by atomic mass is 16.5. The number of hydrogen-bond donors (Lipinski definition) is 2. The van der Waals surface area contributed by atoms with Crippen molar-refractivity contribution >= 4 is 5.78 Å². The van der Waals surface area contributed by atoms with Crippen molar-refractivity contribution in [1.82, 2.24) is 5.32 Å². The lowest BCUT2D eigenvalue weighted by molar-refractivity contribution is -0.133. The summed E-state index contributed by atoms with van der Waals surface area (Å²) in [5, 5.41) is 3.13. The van der Waals surface area contributed by atoms with Crippen molar-refractivity contribution in [3.8, 4) is 0 Å². The largest absolute Gasteiger partial charge is 0.368 e. The van der Waals surface area contributed by atoms with E-state index in [2.05, 4.69) is 5.32 Å². The van der Waals surface area contributed by atoms with E-state index < -0.39 is 6.04 Å². The van der Waals surface area contributed by atoms with Crippen LogP contribution in [0, 0.1) is 0 Å². The Morgan fingerprint density at radius 1 is 1.47 bits per heavy atom. The van der Waals surface area contributed by atoms with Crippen molar-refractivity contribution in [2.45, 2.75) is 18.6 Å². The summed E-state index contributed by atoms with van der Waals surface area (Å²) in [4.78, 5) is 12.0. The van der Waals surface area contributed by atoms with Gasteiger partial charge in [-0.3, -0.25) is 4.79 Å². The second-order valence-electron chi connectivity index (χ2n) is 4.26. The van der Waals surface area contributed by atoms with Gasteiger partial charge in [0.05, 0.1) is 12.6 Å². The number of morpholine rings is 1. The molecule has 4 heteroatoms. The number of hydrogen-bond acceptors (Lipinski definition) is 4. The highest BCUT2D eigenvalue weighted by Crippen LogP contribution is 2.06. The number of ether oxygens (including phenoxy) is 1. The molecule has 3 N–H and O–H groups in total. The van der Waals surface area contributed by atoms with Gasteiger partial charge >= 0.3 is 0 Å². The number of carbonyl (C=O) groups is 1. The molecule has 2 rings (SSSR count). The number of ketones is 1. The highest BCUT2D eigenvalue weighted by molar-refractivity contribution is 5.88. The second-order valence-corrected chi connectivity index (χ2v) is 4.26. The van der Waals surface area contributed by atoms with E-state index in [1.165, 1.54) is 0 Å².